The van der Waals surface area contributed by atoms with Crippen LogP contribution in [0.15, 0.2) is 46.1 Å². The van der Waals surface area contributed by atoms with E-state index in [0.29, 0.717) is 29.8 Å². The van der Waals surface area contributed by atoms with Gasteiger partial charge in [-0.15, -0.1) is 0 Å². The minimum Gasteiger partial charge on any atom is -0.487 e. The molecule has 1 atom stereocenters. The lowest BCUT2D eigenvalue weighted by Crippen LogP contribution is -2.42. The molecule has 1 aromatic carbocycles. The Morgan fingerprint density at radius 1 is 1.29 bits per heavy atom. The van der Waals surface area contributed by atoms with Crippen molar-refractivity contribution in [3.05, 3.63) is 47.3 Å². The second-order valence-corrected chi connectivity index (χ2v) is 5.55. The van der Waals surface area contributed by atoms with Crippen molar-refractivity contribution in [3.63, 3.8) is 0 Å². The Kier molecular flexibility index (Phi) is 7.42. The number of hydrogen-bond acceptors (Lipinski definition) is 4. The number of hydrogen-bond donors (Lipinski definition) is 2. The average molecular weight is 351 g/mol. The van der Waals surface area contributed by atoms with Crippen LogP contribution in [-0.4, -0.2) is 30.3 Å². The van der Waals surface area contributed by atoms with Crippen LogP contribution >= 0.6 is 11.6 Å². The van der Waals surface area contributed by atoms with Gasteiger partial charge < -0.3 is 19.9 Å². The second-order valence-electron chi connectivity index (χ2n) is 5.15. The zero-order valence-electron chi connectivity index (χ0n) is 14.0. The summed E-state index contributed by atoms with van der Waals surface area (Å²) in [5.41, 5.74) is 0.784. The van der Waals surface area contributed by atoms with Crippen molar-refractivity contribution in [2.75, 3.05) is 13.1 Å². The third-order valence-corrected chi connectivity index (χ3v) is 3.63. The molecule has 0 aliphatic rings. The monoisotopic (exact) mass is 350 g/mol. The lowest BCUT2D eigenvalue weighted by atomic mass is 10.2. The minimum atomic E-state index is -0.0131. The largest absolute Gasteiger partial charge is 0.487 e. The molecular weight excluding hydrogens is 328 g/mol. The van der Waals surface area contributed by atoms with Crippen LogP contribution in [0.4, 0.5) is 0 Å². The normalized spacial score (nSPS) is 12.7. The number of benzene rings is 1. The Morgan fingerprint density at radius 3 is 2.79 bits per heavy atom. The Morgan fingerprint density at radius 2 is 2.12 bits per heavy atom. The SMILES string of the molecule is CCNC(=NCc1ccon1)NCC(CC)Oc1ccccc1Cl. The van der Waals surface area contributed by atoms with E-state index in [1.54, 1.807) is 6.07 Å². The summed E-state index contributed by atoms with van der Waals surface area (Å²) in [4.78, 5) is 4.48. The van der Waals surface area contributed by atoms with Gasteiger partial charge in [0.2, 0.25) is 0 Å². The molecule has 0 saturated carbocycles. The molecule has 0 fully saturated rings. The van der Waals surface area contributed by atoms with Crippen LogP contribution < -0.4 is 15.4 Å². The molecule has 7 heteroatoms. The van der Waals surface area contributed by atoms with Gasteiger partial charge in [-0.25, -0.2) is 4.99 Å². The van der Waals surface area contributed by atoms with E-state index in [4.69, 9.17) is 20.9 Å². The van der Waals surface area contributed by atoms with E-state index in [0.717, 1.165) is 18.7 Å². The van der Waals surface area contributed by atoms with Gasteiger partial charge in [-0.05, 0) is 25.5 Å². The Bertz CT molecular complexity index is 631. The van der Waals surface area contributed by atoms with E-state index in [1.165, 1.54) is 6.26 Å². The van der Waals surface area contributed by atoms with E-state index in [2.05, 4.69) is 27.7 Å². The molecule has 0 amide bonds. The van der Waals surface area contributed by atoms with Crippen molar-refractivity contribution in [1.29, 1.82) is 0 Å². The molecule has 2 rings (SSSR count). The number of nitrogens with zero attached hydrogens (tertiary/aromatic N) is 2. The highest BCUT2D eigenvalue weighted by Crippen LogP contribution is 2.24. The molecule has 1 heterocycles. The van der Waals surface area contributed by atoms with E-state index in [9.17, 15) is 0 Å². The number of rotatable bonds is 8. The van der Waals surface area contributed by atoms with Gasteiger partial charge in [0, 0.05) is 12.6 Å². The highest BCUT2D eigenvalue weighted by molar-refractivity contribution is 6.32. The summed E-state index contributed by atoms with van der Waals surface area (Å²) in [6.07, 6.45) is 2.37. The summed E-state index contributed by atoms with van der Waals surface area (Å²) in [5.74, 6) is 1.40. The second kappa shape index (κ2) is 9.82. The highest BCUT2D eigenvalue weighted by Gasteiger charge is 2.11. The molecule has 0 saturated heterocycles. The van der Waals surface area contributed by atoms with Crippen LogP contribution in [0.1, 0.15) is 26.0 Å². The van der Waals surface area contributed by atoms with Crippen LogP contribution in [0.2, 0.25) is 5.02 Å². The molecule has 2 aromatic rings. The standard InChI is InChI=1S/C17H23ClN4O2/c1-3-14(24-16-8-6-5-7-15(16)18)12-21-17(19-4-2)20-11-13-9-10-23-22-13/h5-10,14H,3-4,11-12H2,1-2H3,(H2,19,20,21). The van der Waals surface area contributed by atoms with E-state index in [1.807, 2.05) is 31.2 Å². The fourth-order valence-corrected chi connectivity index (χ4v) is 2.20. The molecule has 0 bridgehead atoms. The zero-order valence-corrected chi connectivity index (χ0v) is 14.7. The summed E-state index contributed by atoms with van der Waals surface area (Å²) in [7, 11) is 0. The topological polar surface area (TPSA) is 71.7 Å². The average Bonchev–Trinajstić information content (AvgIpc) is 3.11. The third-order valence-electron chi connectivity index (χ3n) is 3.32. The number of aliphatic imine (C=N–C) groups is 1. The maximum atomic E-state index is 6.15. The third kappa shape index (κ3) is 5.77. The van der Waals surface area contributed by atoms with Gasteiger partial charge in [0.1, 0.15) is 23.8 Å². The Hall–Kier alpha value is -2.21. The van der Waals surface area contributed by atoms with Gasteiger partial charge in [-0.3, -0.25) is 0 Å². The van der Waals surface area contributed by atoms with Gasteiger partial charge in [-0.1, -0.05) is 35.8 Å². The van der Waals surface area contributed by atoms with Crippen molar-refractivity contribution in [2.45, 2.75) is 32.9 Å². The number of ether oxygens (including phenoxy) is 1. The molecule has 0 spiro atoms. The number of guanidine groups is 1. The summed E-state index contributed by atoms with van der Waals surface area (Å²) in [6.45, 7) is 5.93. The quantitative estimate of drug-likeness (QED) is 0.565. The van der Waals surface area contributed by atoms with Gasteiger partial charge in [0.05, 0.1) is 18.1 Å². The van der Waals surface area contributed by atoms with E-state index >= 15 is 0 Å². The number of para-hydroxylation sites is 1. The van der Waals surface area contributed by atoms with Crippen molar-refractivity contribution in [3.8, 4) is 5.75 Å². The molecule has 24 heavy (non-hydrogen) atoms. The van der Waals surface area contributed by atoms with Gasteiger partial charge in [-0.2, -0.15) is 0 Å². The predicted octanol–water partition coefficient (Wildman–Crippen LogP) is 3.24. The van der Waals surface area contributed by atoms with Gasteiger partial charge in [0.25, 0.3) is 0 Å². The fourth-order valence-electron chi connectivity index (χ4n) is 2.02. The molecule has 1 aromatic heterocycles. The van der Waals surface area contributed by atoms with Crippen LogP contribution in [0.5, 0.6) is 5.75 Å². The van der Waals surface area contributed by atoms with Crippen LogP contribution in [0.3, 0.4) is 0 Å². The molecule has 2 N–H and O–H groups in total. The molecule has 0 aliphatic carbocycles. The summed E-state index contributed by atoms with van der Waals surface area (Å²) < 4.78 is 10.8. The zero-order chi connectivity index (χ0) is 17.2. The van der Waals surface area contributed by atoms with Crippen LogP contribution in [0.25, 0.3) is 0 Å². The lowest BCUT2D eigenvalue weighted by molar-refractivity contribution is 0.199. The molecule has 6 nitrogen and oxygen atoms in total. The van der Waals surface area contributed by atoms with Crippen molar-refractivity contribution >= 4 is 17.6 Å². The molecule has 130 valence electrons. The summed E-state index contributed by atoms with van der Waals surface area (Å²) in [5, 5.41) is 10.9. The van der Waals surface area contributed by atoms with Crippen LogP contribution in [0, 0.1) is 0 Å². The van der Waals surface area contributed by atoms with Crippen molar-refractivity contribution < 1.29 is 9.26 Å². The Balaban J connectivity index is 1.91. The first kappa shape index (κ1) is 18.1. The van der Waals surface area contributed by atoms with Crippen molar-refractivity contribution in [1.82, 2.24) is 15.8 Å². The van der Waals surface area contributed by atoms with Crippen molar-refractivity contribution in [2.24, 2.45) is 4.99 Å². The molecular formula is C17H23ClN4O2. The summed E-state index contributed by atoms with van der Waals surface area (Å²) in [6, 6.07) is 9.27. The molecule has 0 radical (unpaired) electrons. The number of halogens is 1. The molecule has 0 aliphatic heterocycles. The maximum absolute atomic E-state index is 6.15. The van der Waals surface area contributed by atoms with E-state index in [-0.39, 0.29) is 6.10 Å². The first-order chi connectivity index (χ1) is 11.7. The highest BCUT2D eigenvalue weighted by atomic mass is 35.5. The number of nitrogens with one attached hydrogen (secondary N) is 2. The summed E-state index contributed by atoms with van der Waals surface area (Å²) >= 11 is 6.15. The van der Waals surface area contributed by atoms with Gasteiger partial charge >= 0.3 is 0 Å². The Labute approximate surface area is 147 Å². The smallest absolute Gasteiger partial charge is 0.191 e. The van der Waals surface area contributed by atoms with E-state index < -0.39 is 0 Å². The molecule has 1 unspecified atom stereocenters. The lowest BCUT2D eigenvalue weighted by Gasteiger charge is -2.20. The maximum Gasteiger partial charge on any atom is 0.191 e. The minimum absolute atomic E-state index is 0.0131. The first-order valence-electron chi connectivity index (χ1n) is 8.05. The fraction of sp³-hybridized carbons (Fsp3) is 0.412. The van der Waals surface area contributed by atoms with Crippen LogP contribution in [-0.2, 0) is 6.54 Å². The van der Waals surface area contributed by atoms with Gasteiger partial charge in [0.15, 0.2) is 5.96 Å². The predicted molar refractivity (Wildman–Crippen MR) is 95.5 cm³/mol. The first-order valence-corrected chi connectivity index (χ1v) is 8.43. The number of aromatic nitrogens is 1.